The van der Waals surface area contributed by atoms with Crippen molar-refractivity contribution in [3.8, 4) is 0 Å². The summed E-state index contributed by atoms with van der Waals surface area (Å²) in [5, 5.41) is 0. The molecule has 1 N–H and O–H groups in total. The first kappa shape index (κ1) is 13.0. The quantitative estimate of drug-likeness (QED) is 0.947. The van der Waals surface area contributed by atoms with Crippen molar-refractivity contribution in [1.29, 1.82) is 0 Å². The molecule has 1 aromatic heterocycles. The minimum absolute atomic E-state index is 0.0212. The molecule has 2 rings (SSSR count). The minimum Gasteiger partial charge on any atom is -0.310 e. The van der Waals surface area contributed by atoms with E-state index in [1.165, 1.54) is 0 Å². The zero-order valence-electron chi connectivity index (χ0n) is 10.5. The fourth-order valence-corrected chi connectivity index (χ4v) is 2.42. The molecule has 0 bridgehead atoms. The molecule has 0 unspecified atom stereocenters. The summed E-state index contributed by atoms with van der Waals surface area (Å²) in [5.74, 6) is 0.710. The molecule has 4 heteroatoms. The van der Waals surface area contributed by atoms with Gasteiger partial charge in [-0.2, -0.15) is 0 Å². The molecule has 0 saturated heterocycles. The maximum atomic E-state index is 11.9. The van der Waals surface area contributed by atoms with Gasteiger partial charge < -0.3 is 4.98 Å². The van der Waals surface area contributed by atoms with Crippen LogP contribution in [0.1, 0.15) is 29.6 Å². The van der Waals surface area contributed by atoms with Crippen molar-refractivity contribution < 1.29 is 0 Å². The number of H-pyrrole nitrogens is 1. The lowest BCUT2D eigenvalue weighted by atomic mass is 10.1. The highest BCUT2D eigenvalue weighted by atomic mass is 79.9. The van der Waals surface area contributed by atoms with Crippen molar-refractivity contribution in [2.75, 3.05) is 0 Å². The van der Waals surface area contributed by atoms with Gasteiger partial charge in [-0.1, -0.05) is 41.1 Å². The molecular formula is C14H15BrN2O. The number of aromatic amines is 1. The Morgan fingerprint density at radius 3 is 2.67 bits per heavy atom. The van der Waals surface area contributed by atoms with Gasteiger partial charge in [-0.3, -0.25) is 4.79 Å². The Morgan fingerprint density at radius 2 is 2.06 bits per heavy atom. The molecule has 0 amide bonds. The monoisotopic (exact) mass is 306 g/mol. The Bertz CT molecular complexity index is 619. The fourth-order valence-electron chi connectivity index (χ4n) is 1.99. The Labute approximate surface area is 114 Å². The third kappa shape index (κ3) is 2.70. The van der Waals surface area contributed by atoms with Crippen LogP contribution in [0.4, 0.5) is 0 Å². The van der Waals surface area contributed by atoms with E-state index in [0.29, 0.717) is 18.7 Å². The Kier molecular flexibility index (Phi) is 3.97. The van der Waals surface area contributed by atoms with Crippen molar-refractivity contribution in [1.82, 2.24) is 9.97 Å². The molecule has 1 aromatic carbocycles. The van der Waals surface area contributed by atoms with Gasteiger partial charge in [-0.05, 0) is 25.0 Å². The third-order valence-electron chi connectivity index (χ3n) is 2.94. The van der Waals surface area contributed by atoms with Crippen LogP contribution in [0.15, 0.2) is 33.5 Å². The fraction of sp³-hybridized carbons (Fsp3) is 0.286. The molecule has 0 radical (unpaired) electrons. The number of nitrogens with zero attached hydrogens (tertiary/aromatic N) is 1. The van der Waals surface area contributed by atoms with Crippen molar-refractivity contribution in [2.45, 2.75) is 26.7 Å². The maximum Gasteiger partial charge on any atom is 0.254 e. The average Bonchev–Trinajstić information content (AvgIpc) is 2.32. The first-order valence-corrected chi connectivity index (χ1v) is 6.73. The molecular weight excluding hydrogens is 292 g/mol. The van der Waals surface area contributed by atoms with Crippen LogP contribution in [0, 0.1) is 6.92 Å². The lowest BCUT2D eigenvalue weighted by Gasteiger charge is -2.07. The number of hydrogen-bond acceptors (Lipinski definition) is 2. The van der Waals surface area contributed by atoms with Crippen LogP contribution in [-0.4, -0.2) is 9.97 Å². The number of hydrogen-bond donors (Lipinski definition) is 1. The summed E-state index contributed by atoms with van der Waals surface area (Å²) < 4.78 is 1.03. The minimum atomic E-state index is -0.0212. The van der Waals surface area contributed by atoms with Crippen molar-refractivity contribution in [2.24, 2.45) is 0 Å². The van der Waals surface area contributed by atoms with Gasteiger partial charge in [0.05, 0.1) is 0 Å². The van der Waals surface area contributed by atoms with Gasteiger partial charge in [0.25, 0.3) is 5.56 Å². The van der Waals surface area contributed by atoms with Crippen LogP contribution >= 0.6 is 15.9 Å². The van der Waals surface area contributed by atoms with Crippen LogP contribution in [0.5, 0.6) is 0 Å². The van der Waals surface area contributed by atoms with Gasteiger partial charge in [0.1, 0.15) is 5.82 Å². The molecule has 0 aliphatic heterocycles. The summed E-state index contributed by atoms with van der Waals surface area (Å²) in [6.07, 6.45) is 1.34. The van der Waals surface area contributed by atoms with Crippen LogP contribution < -0.4 is 5.56 Å². The Balaban J connectivity index is 2.37. The van der Waals surface area contributed by atoms with Gasteiger partial charge in [0.15, 0.2) is 0 Å². The first-order chi connectivity index (χ1) is 8.61. The van der Waals surface area contributed by atoms with E-state index >= 15 is 0 Å². The van der Waals surface area contributed by atoms with Gasteiger partial charge in [0.2, 0.25) is 0 Å². The molecule has 0 saturated carbocycles. The highest BCUT2D eigenvalue weighted by Gasteiger charge is 2.08. The third-order valence-corrected chi connectivity index (χ3v) is 3.71. The molecule has 3 nitrogen and oxygen atoms in total. The maximum absolute atomic E-state index is 11.9. The van der Waals surface area contributed by atoms with Gasteiger partial charge in [-0.25, -0.2) is 4.98 Å². The summed E-state index contributed by atoms with van der Waals surface area (Å²) in [4.78, 5) is 19.2. The summed E-state index contributed by atoms with van der Waals surface area (Å²) >= 11 is 3.50. The molecule has 2 aromatic rings. The number of aromatic nitrogens is 2. The largest absolute Gasteiger partial charge is 0.310 e. The molecule has 94 valence electrons. The topological polar surface area (TPSA) is 45.8 Å². The van der Waals surface area contributed by atoms with Crippen molar-refractivity contribution in [3.05, 3.63) is 61.7 Å². The van der Waals surface area contributed by atoms with E-state index in [9.17, 15) is 4.79 Å². The van der Waals surface area contributed by atoms with E-state index < -0.39 is 0 Å². The predicted octanol–water partition coefficient (Wildman–Crippen LogP) is 2.99. The average molecular weight is 307 g/mol. The second-order valence-corrected chi connectivity index (χ2v) is 5.05. The van der Waals surface area contributed by atoms with E-state index in [0.717, 1.165) is 21.3 Å². The van der Waals surface area contributed by atoms with Crippen LogP contribution in [0.2, 0.25) is 0 Å². The normalized spacial score (nSPS) is 10.6. The molecule has 0 spiro atoms. The van der Waals surface area contributed by atoms with Gasteiger partial charge >= 0.3 is 0 Å². The van der Waals surface area contributed by atoms with E-state index in [2.05, 4.69) is 25.9 Å². The van der Waals surface area contributed by atoms with Crippen LogP contribution in [-0.2, 0) is 12.8 Å². The van der Waals surface area contributed by atoms with Crippen LogP contribution in [0.3, 0.4) is 0 Å². The highest BCUT2D eigenvalue weighted by Crippen LogP contribution is 2.18. The highest BCUT2D eigenvalue weighted by molar-refractivity contribution is 9.10. The summed E-state index contributed by atoms with van der Waals surface area (Å²) in [7, 11) is 0. The second-order valence-electron chi connectivity index (χ2n) is 4.20. The Morgan fingerprint density at radius 1 is 1.33 bits per heavy atom. The van der Waals surface area contributed by atoms with Gasteiger partial charge in [0, 0.05) is 22.2 Å². The number of nitrogens with one attached hydrogen (secondary N) is 1. The van der Waals surface area contributed by atoms with Crippen molar-refractivity contribution in [3.63, 3.8) is 0 Å². The Hall–Kier alpha value is -1.42. The summed E-state index contributed by atoms with van der Waals surface area (Å²) in [5.41, 5.74) is 2.69. The molecule has 0 aliphatic carbocycles. The molecule has 0 fully saturated rings. The standard InChI is InChI=1S/C14H15BrN2O/c1-3-11-9(2)16-13(17-14(11)18)8-10-6-4-5-7-12(10)15/h4-7H,3,8H2,1-2H3,(H,16,17,18). The zero-order valence-corrected chi connectivity index (χ0v) is 12.0. The number of aryl methyl sites for hydroxylation is 1. The molecule has 1 heterocycles. The first-order valence-electron chi connectivity index (χ1n) is 5.94. The number of benzene rings is 1. The SMILES string of the molecule is CCc1c(C)nc(Cc2ccccc2Br)[nH]c1=O. The lowest BCUT2D eigenvalue weighted by Crippen LogP contribution is -2.18. The van der Waals surface area contributed by atoms with Crippen molar-refractivity contribution >= 4 is 15.9 Å². The smallest absolute Gasteiger partial charge is 0.254 e. The van der Waals surface area contributed by atoms with E-state index in [4.69, 9.17) is 0 Å². The van der Waals surface area contributed by atoms with Gasteiger partial charge in [-0.15, -0.1) is 0 Å². The second kappa shape index (κ2) is 5.48. The van der Waals surface area contributed by atoms with E-state index in [1.54, 1.807) is 0 Å². The van der Waals surface area contributed by atoms with E-state index in [-0.39, 0.29) is 5.56 Å². The number of halogens is 1. The molecule has 18 heavy (non-hydrogen) atoms. The number of rotatable bonds is 3. The molecule has 0 aliphatic rings. The van der Waals surface area contributed by atoms with E-state index in [1.807, 2.05) is 38.1 Å². The molecule has 0 atom stereocenters. The summed E-state index contributed by atoms with van der Waals surface area (Å²) in [6, 6.07) is 7.95. The summed E-state index contributed by atoms with van der Waals surface area (Å²) in [6.45, 7) is 3.85. The van der Waals surface area contributed by atoms with Crippen LogP contribution in [0.25, 0.3) is 0 Å². The zero-order chi connectivity index (χ0) is 13.1. The predicted molar refractivity (Wildman–Crippen MR) is 75.9 cm³/mol. The lowest BCUT2D eigenvalue weighted by molar-refractivity contribution is 0.877.